The van der Waals surface area contributed by atoms with E-state index in [4.69, 9.17) is 9.47 Å². The minimum absolute atomic E-state index is 0.0259. The number of carbonyl (C=O) groups is 1. The second-order valence-corrected chi connectivity index (χ2v) is 7.83. The highest BCUT2D eigenvalue weighted by atomic mass is 16.5. The van der Waals surface area contributed by atoms with Gasteiger partial charge in [-0.25, -0.2) is 4.98 Å². The van der Waals surface area contributed by atoms with Crippen LogP contribution in [0, 0.1) is 19.8 Å². The Hall–Kier alpha value is -2.67. The molecule has 154 valence electrons. The van der Waals surface area contributed by atoms with Gasteiger partial charge in [-0.3, -0.25) is 9.80 Å². The summed E-state index contributed by atoms with van der Waals surface area (Å²) in [6.07, 6.45) is 9.68. The first-order chi connectivity index (χ1) is 14.0. The number of nitrogens with one attached hydrogen (secondary N) is 1. The standard InChI is InChI=1S/C22H28N4O3/c1-13-11-23-22(29-4)14(2)19(13)15-6-7-16-18(10-15)25-21(27)17-12-24-26(20(16)17)8-5-9-28-3/h6-7,11-12,15,17,20H,5,8-10H2,1-4H3,(H,25,27). The van der Waals surface area contributed by atoms with E-state index < -0.39 is 0 Å². The van der Waals surface area contributed by atoms with Gasteiger partial charge >= 0.3 is 0 Å². The van der Waals surface area contributed by atoms with Crippen LogP contribution in [0.2, 0.25) is 0 Å². The van der Waals surface area contributed by atoms with E-state index in [1.807, 2.05) is 18.1 Å². The van der Waals surface area contributed by atoms with E-state index in [1.165, 1.54) is 5.56 Å². The van der Waals surface area contributed by atoms with Crippen LogP contribution in [0.15, 0.2) is 34.7 Å². The SMILES string of the molecule is COCCCN1N=CC2C(=O)NC3=C(C=CC(c4c(C)cnc(OC)c4C)C3)C21. The van der Waals surface area contributed by atoms with Crippen molar-refractivity contribution >= 4 is 12.1 Å². The molecular weight excluding hydrogens is 368 g/mol. The number of aryl methyl sites for hydroxylation is 1. The number of rotatable bonds is 6. The fourth-order valence-corrected chi connectivity index (χ4v) is 4.69. The lowest BCUT2D eigenvalue weighted by atomic mass is 9.79. The molecule has 29 heavy (non-hydrogen) atoms. The van der Waals surface area contributed by atoms with Gasteiger partial charge in [0, 0.05) is 49.9 Å². The molecule has 1 aromatic rings. The Morgan fingerprint density at radius 1 is 1.31 bits per heavy atom. The zero-order valence-electron chi connectivity index (χ0n) is 17.4. The number of hydrogen-bond acceptors (Lipinski definition) is 6. The van der Waals surface area contributed by atoms with Gasteiger partial charge < -0.3 is 14.8 Å². The molecule has 1 amide bonds. The Morgan fingerprint density at radius 3 is 2.90 bits per heavy atom. The van der Waals surface area contributed by atoms with E-state index in [0.29, 0.717) is 12.5 Å². The van der Waals surface area contributed by atoms with E-state index in [-0.39, 0.29) is 23.8 Å². The van der Waals surface area contributed by atoms with Crippen LogP contribution >= 0.6 is 0 Å². The van der Waals surface area contributed by atoms with Crippen LogP contribution in [-0.2, 0) is 9.53 Å². The van der Waals surface area contributed by atoms with Gasteiger partial charge in [-0.05, 0) is 43.4 Å². The number of pyridine rings is 1. The largest absolute Gasteiger partial charge is 0.481 e. The first-order valence-corrected chi connectivity index (χ1v) is 10.1. The average Bonchev–Trinajstić information content (AvgIpc) is 3.13. The summed E-state index contributed by atoms with van der Waals surface area (Å²) < 4.78 is 10.6. The maximum absolute atomic E-state index is 12.7. The summed E-state index contributed by atoms with van der Waals surface area (Å²) in [4.78, 5) is 17.1. The second kappa shape index (κ2) is 7.99. The van der Waals surface area contributed by atoms with Crippen molar-refractivity contribution in [3.05, 3.63) is 46.3 Å². The molecule has 0 saturated heterocycles. The highest BCUT2D eigenvalue weighted by molar-refractivity contribution is 5.98. The molecule has 7 nitrogen and oxygen atoms in total. The Labute approximate surface area is 171 Å². The van der Waals surface area contributed by atoms with Gasteiger partial charge in [-0.15, -0.1) is 0 Å². The van der Waals surface area contributed by atoms with Crippen molar-refractivity contribution in [1.29, 1.82) is 0 Å². The summed E-state index contributed by atoms with van der Waals surface area (Å²) in [7, 11) is 3.35. The number of aromatic nitrogens is 1. The highest BCUT2D eigenvalue weighted by Gasteiger charge is 2.43. The van der Waals surface area contributed by atoms with Crippen molar-refractivity contribution in [2.45, 2.75) is 38.6 Å². The number of allylic oxidation sites excluding steroid dienone is 2. The van der Waals surface area contributed by atoms with Crippen LogP contribution in [0.25, 0.3) is 0 Å². The normalized spacial score (nSPS) is 25.2. The number of fused-ring (bicyclic) bond motifs is 2. The van der Waals surface area contributed by atoms with E-state index in [9.17, 15) is 4.79 Å². The predicted octanol–water partition coefficient (Wildman–Crippen LogP) is 2.46. The maximum Gasteiger partial charge on any atom is 0.235 e. The molecule has 1 aliphatic carbocycles. The Kier molecular flexibility index (Phi) is 5.41. The summed E-state index contributed by atoms with van der Waals surface area (Å²) in [6.45, 7) is 5.57. The van der Waals surface area contributed by atoms with Gasteiger partial charge in [-0.1, -0.05) is 12.2 Å². The van der Waals surface area contributed by atoms with Gasteiger partial charge in [-0.2, -0.15) is 5.10 Å². The first kappa shape index (κ1) is 19.6. The Morgan fingerprint density at radius 2 is 2.14 bits per heavy atom. The molecule has 3 unspecified atom stereocenters. The van der Waals surface area contributed by atoms with E-state index >= 15 is 0 Å². The summed E-state index contributed by atoms with van der Waals surface area (Å²) in [5, 5.41) is 9.70. The number of methoxy groups -OCH3 is 2. The van der Waals surface area contributed by atoms with E-state index in [0.717, 1.165) is 41.8 Å². The third-order valence-electron chi connectivity index (χ3n) is 6.04. The molecule has 3 aliphatic rings. The molecule has 3 atom stereocenters. The van der Waals surface area contributed by atoms with Crippen LogP contribution in [0.1, 0.15) is 35.4 Å². The predicted molar refractivity (Wildman–Crippen MR) is 111 cm³/mol. The quantitative estimate of drug-likeness (QED) is 0.748. The molecule has 7 heteroatoms. The third kappa shape index (κ3) is 3.44. The lowest BCUT2D eigenvalue weighted by Gasteiger charge is -2.37. The molecule has 1 aromatic heterocycles. The van der Waals surface area contributed by atoms with Crippen molar-refractivity contribution in [2.75, 3.05) is 27.4 Å². The number of carbonyl (C=O) groups excluding carboxylic acids is 1. The van der Waals surface area contributed by atoms with Gasteiger partial charge in [0.05, 0.1) is 13.2 Å². The molecule has 0 saturated carbocycles. The van der Waals surface area contributed by atoms with Crippen molar-refractivity contribution in [2.24, 2.45) is 11.0 Å². The monoisotopic (exact) mass is 396 g/mol. The molecule has 1 N–H and O–H groups in total. The molecule has 0 spiro atoms. The van der Waals surface area contributed by atoms with Gasteiger partial charge in [0.15, 0.2) is 0 Å². The minimum Gasteiger partial charge on any atom is -0.481 e. The fraction of sp³-hybridized carbons (Fsp3) is 0.500. The molecule has 0 fully saturated rings. The molecule has 0 radical (unpaired) electrons. The van der Waals surface area contributed by atoms with Crippen molar-refractivity contribution in [3.8, 4) is 5.88 Å². The zero-order chi connectivity index (χ0) is 20.5. The molecule has 0 aromatic carbocycles. The molecular formula is C22H28N4O3. The van der Waals surface area contributed by atoms with E-state index in [1.54, 1.807) is 20.4 Å². The van der Waals surface area contributed by atoms with Gasteiger partial charge in [0.2, 0.25) is 11.8 Å². The maximum atomic E-state index is 12.7. The number of nitrogens with zero attached hydrogens (tertiary/aromatic N) is 3. The molecule has 2 aliphatic heterocycles. The van der Waals surface area contributed by atoms with E-state index in [2.05, 4.69) is 34.5 Å². The number of hydrazone groups is 1. The van der Waals surface area contributed by atoms with Crippen LogP contribution in [0.3, 0.4) is 0 Å². The summed E-state index contributed by atoms with van der Waals surface area (Å²) in [6, 6.07) is -0.0259. The fourth-order valence-electron chi connectivity index (χ4n) is 4.69. The molecule has 0 bridgehead atoms. The molecule has 3 heterocycles. The van der Waals surface area contributed by atoms with Crippen LogP contribution in [-0.4, -0.2) is 55.5 Å². The van der Waals surface area contributed by atoms with Crippen molar-refractivity contribution in [1.82, 2.24) is 15.3 Å². The lowest BCUT2D eigenvalue weighted by molar-refractivity contribution is -0.123. The summed E-state index contributed by atoms with van der Waals surface area (Å²) >= 11 is 0. The van der Waals surface area contributed by atoms with Gasteiger partial charge in [0.1, 0.15) is 5.92 Å². The minimum atomic E-state index is -0.234. The second-order valence-electron chi connectivity index (χ2n) is 7.83. The molecule has 4 rings (SSSR count). The number of hydrogen-bond donors (Lipinski definition) is 1. The highest BCUT2D eigenvalue weighted by Crippen LogP contribution is 2.41. The number of amides is 1. The lowest BCUT2D eigenvalue weighted by Crippen LogP contribution is -2.48. The Balaban J connectivity index is 1.62. The van der Waals surface area contributed by atoms with Crippen LogP contribution in [0.5, 0.6) is 5.88 Å². The van der Waals surface area contributed by atoms with Crippen molar-refractivity contribution < 1.29 is 14.3 Å². The number of ether oxygens (including phenoxy) is 2. The zero-order valence-corrected chi connectivity index (χ0v) is 17.4. The summed E-state index contributed by atoms with van der Waals surface area (Å²) in [5.74, 6) is 0.621. The van der Waals surface area contributed by atoms with Crippen molar-refractivity contribution in [3.63, 3.8) is 0 Å². The topological polar surface area (TPSA) is 76.0 Å². The summed E-state index contributed by atoms with van der Waals surface area (Å²) in [5.41, 5.74) is 5.57. The van der Waals surface area contributed by atoms with Crippen LogP contribution < -0.4 is 10.1 Å². The van der Waals surface area contributed by atoms with Crippen LogP contribution in [0.4, 0.5) is 0 Å². The first-order valence-electron chi connectivity index (χ1n) is 10.1. The third-order valence-corrected chi connectivity index (χ3v) is 6.04. The van der Waals surface area contributed by atoms with Gasteiger partial charge in [0.25, 0.3) is 0 Å². The average molecular weight is 396 g/mol. The Bertz CT molecular complexity index is 906. The smallest absolute Gasteiger partial charge is 0.235 e.